The largest absolute Gasteiger partial charge is 0.386 e. The third-order valence-electron chi connectivity index (χ3n) is 4.68. The van der Waals surface area contributed by atoms with E-state index in [-0.39, 0.29) is 0 Å². The molecular formula is C21H31N3O3S. The topological polar surface area (TPSA) is 75.1 Å². The van der Waals surface area contributed by atoms with Crippen LogP contribution in [0.1, 0.15) is 37.2 Å². The molecule has 1 fully saturated rings. The lowest BCUT2D eigenvalue weighted by Gasteiger charge is -2.22. The maximum Gasteiger partial charge on any atom is 0.191 e. The molecule has 0 amide bonds. The van der Waals surface area contributed by atoms with Crippen LogP contribution >= 0.6 is 11.3 Å². The van der Waals surface area contributed by atoms with Crippen LogP contribution in [0.2, 0.25) is 0 Å². The van der Waals surface area contributed by atoms with Crippen molar-refractivity contribution in [3.05, 3.63) is 35.2 Å². The van der Waals surface area contributed by atoms with Crippen LogP contribution < -0.4 is 10.6 Å². The summed E-state index contributed by atoms with van der Waals surface area (Å²) < 4.78 is 12.4. The predicted octanol–water partition coefficient (Wildman–Crippen LogP) is 3.08. The Labute approximate surface area is 171 Å². The van der Waals surface area contributed by atoms with E-state index in [0.29, 0.717) is 12.6 Å². The molecule has 1 aromatic heterocycles. The van der Waals surface area contributed by atoms with Crippen LogP contribution in [-0.2, 0) is 9.47 Å². The third-order valence-corrected chi connectivity index (χ3v) is 5.89. The molecule has 0 saturated carbocycles. The minimum Gasteiger partial charge on any atom is -0.386 e. The van der Waals surface area contributed by atoms with Crippen LogP contribution in [0.25, 0.3) is 10.1 Å². The van der Waals surface area contributed by atoms with E-state index in [0.717, 1.165) is 63.0 Å². The average Bonchev–Trinajstić information content (AvgIpc) is 3.16. The van der Waals surface area contributed by atoms with Gasteiger partial charge in [-0.05, 0) is 43.7 Å². The first-order chi connectivity index (χ1) is 13.8. The Hall–Kier alpha value is -1.67. The lowest BCUT2D eigenvalue weighted by atomic mass is 10.1. The van der Waals surface area contributed by atoms with E-state index in [1.807, 2.05) is 25.1 Å². The van der Waals surface area contributed by atoms with Gasteiger partial charge in [0, 0.05) is 42.5 Å². The van der Waals surface area contributed by atoms with Gasteiger partial charge in [0.05, 0.1) is 12.6 Å². The number of hydrogen-bond acceptors (Lipinski definition) is 5. The molecule has 28 heavy (non-hydrogen) atoms. The maximum absolute atomic E-state index is 10.5. The number of guanidine groups is 1. The van der Waals surface area contributed by atoms with Crippen molar-refractivity contribution in [2.24, 2.45) is 4.99 Å². The molecule has 6 nitrogen and oxygen atoms in total. The van der Waals surface area contributed by atoms with Gasteiger partial charge < -0.3 is 25.2 Å². The van der Waals surface area contributed by atoms with Gasteiger partial charge in [0.25, 0.3) is 0 Å². The van der Waals surface area contributed by atoms with Gasteiger partial charge in [-0.1, -0.05) is 18.2 Å². The van der Waals surface area contributed by atoms with Gasteiger partial charge in [-0.3, -0.25) is 4.99 Å². The average molecular weight is 406 g/mol. The van der Waals surface area contributed by atoms with Crippen LogP contribution in [-0.4, -0.2) is 56.6 Å². The fourth-order valence-electron chi connectivity index (χ4n) is 3.15. The van der Waals surface area contributed by atoms with Crippen molar-refractivity contribution in [3.63, 3.8) is 0 Å². The smallest absolute Gasteiger partial charge is 0.191 e. The number of aliphatic hydroxyl groups is 1. The highest BCUT2D eigenvalue weighted by molar-refractivity contribution is 7.19. The summed E-state index contributed by atoms with van der Waals surface area (Å²) in [7, 11) is 0. The molecule has 1 saturated heterocycles. The highest BCUT2D eigenvalue weighted by Crippen LogP contribution is 2.29. The molecular weight excluding hydrogens is 374 g/mol. The van der Waals surface area contributed by atoms with Crippen molar-refractivity contribution >= 4 is 27.4 Å². The molecule has 1 aromatic carbocycles. The number of aliphatic hydroxyl groups excluding tert-OH is 1. The van der Waals surface area contributed by atoms with E-state index in [1.54, 1.807) is 11.3 Å². The fourth-order valence-corrected chi connectivity index (χ4v) is 4.19. The molecule has 1 aliphatic rings. The van der Waals surface area contributed by atoms with E-state index in [9.17, 15) is 5.11 Å². The Morgan fingerprint density at radius 3 is 2.93 bits per heavy atom. The van der Waals surface area contributed by atoms with Gasteiger partial charge in [0.15, 0.2) is 5.96 Å². The van der Waals surface area contributed by atoms with Crippen LogP contribution in [0.4, 0.5) is 0 Å². The fraction of sp³-hybridized carbons (Fsp3) is 0.571. The minimum atomic E-state index is -0.593. The van der Waals surface area contributed by atoms with Crippen LogP contribution in [0.15, 0.2) is 35.3 Å². The predicted molar refractivity (Wildman–Crippen MR) is 115 cm³/mol. The number of nitrogens with zero attached hydrogens (tertiary/aromatic N) is 1. The van der Waals surface area contributed by atoms with Gasteiger partial charge in [0.1, 0.15) is 6.10 Å². The van der Waals surface area contributed by atoms with Crippen molar-refractivity contribution in [2.45, 2.75) is 38.4 Å². The van der Waals surface area contributed by atoms with Gasteiger partial charge >= 0.3 is 0 Å². The van der Waals surface area contributed by atoms with Gasteiger partial charge in [0.2, 0.25) is 0 Å². The molecule has 0 bridgehead atoms. The summed E-state index contributed by atoms with van der Waals surface area (Å²) >= 11 is 1.62. The first-order valence-corrected chi connectivity index (χ1v) is 11.0. The van der Waals surface area contributed by atoms with Gasteiger partial charge in [-0.15, -0.1) is 11.3 Å². The second-order valence-electron chi connectivity index (χ2n) is 6.88. The Morgan fingerprint density at radius 2 is 2.14 bits per heavy atom. The van der Waals surface area contributed by atoms with Crippen molar-refractivity contribution in [3.8, 4) is 0 Å². The zero-order valence-electron chi connectivity index (χ0n) is 16.5. The summed E-state index contributed by atoms with van der Waals surface area (Å²) in [6.45, 7) is 6.29. The van der Waals surface area contributed by atoms with Crippen molar-refractivity contribution in [2.75, 3.05) is 39.5 Å². The SMILES string of the molecule is CCNC(=NCC(O)c1cc2ccccc2s1)NCCCOC1CCOCC1. The van der Waals surface area contributed by atoms with Crippen LogP contribution in [0.5, 0.6) is 0 Å². The molecule has 3 N–H and O–H groups in total. The van der Waals surface area contributed by atoms with Gasteiger partial charge in [-0.25, -0.2) is 0 Å². The van der Waals surface area contributed by atoms with Crippen molar-refractivity contribution in [1.29, 1.82) is 0 Å². The van der Waals surface area contributed by atoms with Crippen molar-refractivity contribution < 1.29 is 14.6 Å². The number of benzene rings is 1. The second kappa shape index (κ2) is 11.4. The molecule has 2 aromatic rings. The summed E-state index contributed by atoms with van der Waals surface area (Å²) in [5.74, 6) is 0.730. The normalized spacial score (nSPS) is 17.0. The lowest BCUT2D eigenvalue weighted by molar-refractivity contribution is -0.0320. The molecule has 3 rings (SSSR count). The standard InChI is InChI=1S/C21H31N3O3S/c1-2-22-21(23-10-5-11-27-17-8-12-26-13-9-17)24-15-18(25)20-14-16-6-3-4-7-19(16)28-20/h3-4,6-7,14,17-18,25H,2,5,8-13,15H2,1H3,(H2,22,23,24). The molecule has 154 valence electrons. The zero-order valence-corrected chi connectivity index (χ0v) is 17.3. The highest BCUT2D eigenvalue weighted by atomic mass is 32.1. The molecule has 7 heteroatoms. The molecule has 2 heterocycles. The Morgan fingerprint density at radius 1 is 1.32 bits per heavy atom. The summed E-state index contributed by atoms with van der Waals surface area (Å²) in [6.07, 6.45) is 2.65. The monoisotopic (exact) mass is 405 g/mol. The number of nitrogens with one attached hydrogen (secondary N) is 2. The first-order valence-electron chi connectivity index (χ1n) is 10.1. The number of thiophene rings is 1. The summed E-state index contributed by atoms with van der Waals surface area (Å²) in [6, 6.07) is 10.2. The number of fused-ring (bicyclic) bond motifs is 1. The van der Waals surface area contributed by atoms with E-state index < -0.39 is 6.10 Å². The molecule has 1 aliphatic heterocycles. The summed E-state index contributed by atoms with van der Waals surface area (Å²) in [4.78, 5) is 5.49. The summed E-state index contributed by atoms with van der Waals surface area (Å²) in [5, 5.41) is 18.2. The molecule has 0 radical (unpaired) electrons. The Balaban J connectivity index is 1.42. The number of hydrogen-bond donors (Lipinski definition) is 3. The lowest BCUT2D eigenvalue weighted by Crippen LogP contribution is -2.38. The first kappa shape index (κ1) is 21.0. The Kier molecular flexibility index (Phi) is 8.54. The minimum absolute atomic E-state index is 0.334. The van der Waals surface area contributed by atoms with Crippen LogP contribution in [0.3, 0.4) is 0 Å². The third kappa shape index (κ3) is 6.44. The number of rotatable bonds is 9. The van der Waals surface area contributed by atoms with E-state index in [4.69, 9.17) is 9.47 Å². The molecule has 0 aliphatic carbocycles. The highest BCUT2D eigenvalue weighted by Gasteiger charge is 2.14. The summed E-state index contributed by atoms with van der Waals surface area (Å²) in [5.41, 5.74) is 0. The molecule has 0 spiro atoms. The van der Waals surface area contributed by atoms with E-state index in [2.05, 4.69) is 27.8 Å². The van der Waals surface area contributed by atoms with Gasteiger partial charge in [-0.2, -0.15) is 0 Å². The zero-order chi connectivity index (χ0) is 19.6. The number of aliphatic imine (C=N–C) groups is 1. The molecule has 1 unspecified atom stereocenters. The van der Waals surface area contributed by atoms with Crippen LogP contribution in [0, 0.1) is 0 Å². The maximum atomic E-state index is 10.5. The molecule has 1 atom stereocenters. The second-order valence-corrected chi connectivity index (χ2v) is 8.00. The van der Waals surface area contributed by atoms with E-state index >= 15 is 0 Å². The van der Waals surface area contributed by atoms with E-state index in [1.165, 1.54) is 10.1 Å². The van der Waals surface area contributed by atoms with Crippen molar-refractivity contribution in [1.82, 2.24) is 10.6 Å². The number of ether oxygens (including phenoxy) is 2. The Bertz CT molecular complexity index is 710. The quantitative estimate of drug-likeness (QED) is 0.340.